The number of aryl methyl sites for hydroxylation is 1. The highest BCUT2D eigenvalue weighted by Crippen LogP contribution is 2.27. The fourth-order valence-corrected chi connectivity index (χ4v) is 3.61. The summed E-state index contributed by atoms with van der Waals surface area (Å²) in [6.45, 7) is 5.26. The van der Waals surface area contributed by atoms with Gasteiger partial charge in [0.15, 0.2) is 0 Å². The maximum Gasteiger partial charge on any atom is 0.268 e. The molecule has 2 unspecified atom stereocenters. The molecule has 112 valence electrons. The predicted octanol–water partition coefficient (Wildman–Crippen LogP) is 4.36. The predicted molar refractivity (Wildman–Crippen MR) is 85.9 cm³/mol. The van der Waals surface area contributed by atoms with Crippen LogP contribution in [0.5, 0.6) is 0 Å². The number of aromatic nitrogens is 1. The molecule has 0 saturated heterocycles. The van der Waals surface area contributed by atoms with Crippen LogP contribution < -0.4 is 5.32 Å². The average molecular weight is 341 g/mol. The Hall–Kier alpha value is -0.770. The van der Waals surface area contributed by atoms with Gasteiger partial charge in [-0.3, -0.25) is 4.79 Å². The van der Waals surface area contributed by atoms with Crippen molar-refractivity contribution in [1.82, 2.24) is 9.88 Å². The summed E-state index contributed by atoms with van der Waals surface area (Å²) < 4.78 is 3.02. The number of hydrogen-bond donors (Lipinski definition) is 1. The summed E-state index contributed by atoms with van der Waals surface area (Å²) in [4.78, 5) is 12.5. The molecule has 4 heteroatoms. The van der Waals surface area contributed by atoms with E-state index in [9.17, 15) is 4.79 Å². The minimum absolute atomic E-state index is 0.0749. The molecular weight excluding hydrogens is 316 g/mol. The van der Waals surface area contributed by atoms with E-state index in [-0.39, 0.29) is 5.91 Å². The lowest BCUT2D eigenvalue weighted by Crippen LogP contribution is -2.39. The lowest BCUT2D eigenvalue weighted by atomic mass is 9.84. The van der Waals surface area contributed by atoms with Crippen LogP contribution >= 0.6 is 15.9 Å². The Morgan fingerprint density at radius 2 is 2.25 bits per heavy atom. The zero-order valence-corrected chi connectivity index (χ0v) is 14.1. The first kappa shape index (κ1) is 15.6. The number of carbonyl (C=O) groups is 1. The molecule has 1 N–H and O–H groups in total. The van der Waals surface area contributed by atoms with E-state index in [1.165, 1.54) is 19.3 Å². The largest absolute Gasteiger partial charge is 0.348 e. The van der Waals surface area contributed by atoms with Gasteiger partial charge in [0.2, 0.25) is 0 Å². The summed E-state index contributed by atoms with van der Waals surface area (Å²) in [6.07, 6.45) is 9.07. The quantitative estimate of drug-likeness (QED) is 0.848. The van der Waals surface area contributed by atoms with Gasteiger partial charge < -0.3 is 9.88 Å². The zero-order chi connectivity index (χ0) is 14.5. The van der Waals surface area contributed by atoms with Crippen LogP contribution in [0.4, 0.5) is 0 Å². The van der Waals surface area contributed by atoms with Gasteiger partial charge in [-0.25, -0.2) is 0 Å². The Kier molecular flexibility index (Phi) is 5.70. The van der Waals surface area contributed by atoms with Crippen LogP contribution in [0.25, 0.3) is 0 Å². The van der Waals surface area contributed by atoms with Crippen molar-refractivity contribution in [1.29, 1.82) is 0 Å². The molecule has 1 amide bonds. The summed E-state index contributed by atoms with van der Waals surface area (Å²) in [5.74, 6) is 0.856. The first-order chi connectivity index (χ1) is 9.63. The topological polar surface area (TPSA) is 34.0 Å². The molecule has 1 aliphatic rings. The molecule has 0 aliphatic heterocycles. The Morgan fingerprint density at radius 3 is 2.95 bits per heavy atom. The first-order valence-electron chi connectivity index (χ1n) is 7.80. The van der Waals surface area contributed by atoms with Gasteiger partial charge in [0.05, 0.1) is 0 Å². The summed E-state index contributed by atoms with van der Waals surface area (Å²) in [7, 11) is 0. The SMILES string of the molecule is CCCn1cc(Br)cc1C(=O)NC1CCCC(CC)C1. The summed E-state index contributed by atoms with van der Waals surface area (Å²) in [6, 6.07) is 2.27. The Bertz CT molecular complexity index is 455. The van der Waals surface area contributed by atoms with E-state index in [0.29, 0.717) is 6.04 Å². The Balaban J connectivity index is 2.00. The molecule has 0 bridgehead atoms. The van der Waals surface area contributed by atoms with Crippen molar-refractivity contribution in [2.45, 2.75) is 65.0 Å². The standard InChI is InChI=1S/C16H25BrN2O/c1-3-8-19-11-13(17)10-15(19)16(20)18-14-7-5-6-12(4-2)9-14/h10-12,14H,3-9H2,1-2H3,(H,18,20). The van der Waals surface area contributed by atoms with Crippen LogP contribution in [0, 0.1) is 5.92 Å². The highest BCUT2D eigenvalue weighted by Gasteiger charge is 2.23. The number of rotatable bonds is 5. The fraction of sp³-hybridized carbons (Fsp3) is 0.688. The fourth-order valence-electron chi connectivity index (χ4n) is 3.14. The lowest BCUT2D eigenvalue weighted by Gasteiger charge is -2.29. The van der Waals surface area contributed by atoms with Gasteiger partial charge in [-0.15, -0.1) is 0 Å². The van der Waals surface area contributed by atoms with Gasteiger partial charge >= 0.3 is 0 Å². The maximum absolute atomic E-state index is 12.5. The van der Waals surface area contributed by atoms with E-state index >= 15 is 0 Å². The first-order valence-corrected chi connectivity index (χ1v) is 8.59. The molecule has 1 aromatic rings. The molecule has 1 saturated carbocycles. The maximum atomic E-state index is 12.5. The van der Waals surface area contributed by atoms with Crippen molar-refractivity contribution in [2.24, 2.45) is 5.92 Å². The third-order valence-electron chi connectivity index (χ3n) is 4.26. The number of nitrogens with zero attached hydrogens (tertiary/aromatic N) is 1. The lowest BCUT2D eigenvalue weighted by molar-refractivity contribution is 0.0909. The smallest absolute Gasteiger partial charge is 0.268 e. The number of nitrogens with one attached hydrogen (secondary N) is 1. The molecule has 0 spiro atoms. The number of hydrogen-bond acceptors (Lipinski definition) is 1. The molecule has 1 heterocycles. The van der Waals surface area contributed by atoms with Gasteiger partial charge in [-0.2, -0.15) is 0 Å². The van der Waals surface area contributed by atoms with Crippen LogP contribution in [0.3, 0.4) is 0 Å². The zero-order valence-electron chi connectivity index (χ0n) is 12.5. The van der Waals surface area contributed by atoms with Gasteiger partial charge in [-0.05, 0) is 47.2 Å². The van der Waals surface area contributed by atoms with Crippen LogP contribution in [0.1, 0.15) is 62.9 Å². The van der Waals surface area contributed by atoms with Gasteiger partial charge in [0.25, 0.3) is 5.91 Å². The van der Waals surface area contributed by atoms with Crippen molar-refractivity contribution >= 4 is 21.8 Å². The highest BCUT2D eigenvalue weighted by molar-refractivity contribution is 9.10. The monoisotopic (exact) mass is 340 g/mol. The molecule has 0 radical (unpaired) electrons. The Labute approximate surface area is 130 Å². The average Bonchev–Trinajstić information content (AvgIpc) is 2.80. The third-order valence-corrected chi connectivity index (χ3v) is 4.69. The molecular formula is C16H25BrN2O. The van der Waals surface area contributed by atoms with Gasteiger partial charge in [-0.1, -0.05) is 33.1 Å². The molecule has 20 heavy (non-hydrogen) atoms. The second-order valence-electron chi connectivity index (χ2n) is 5.85. The second kappa shape index (κ2) is 7.30. The van der Waals surface area contributed by atoms with Crippen molar-refractivity contribution < 1.29 is 4.79 Å². The van der Waals surface area contributed by atoms with E-state index in [2.05, 4.69) is 35.1 Å². The van der Waals surface area contributed by atoms with Crippen molar-refractivity contribution in [3.8, 4) is 0 Å². The van der Waals surface area contributed by atoms with E-state index in [1.54, 1.807) is 0 Å². The second-order valence-corrected chi connectivity index (χ2v) is 6.76. The molecule has 1 aliphatic carbocycles. The molecule has 2 rings (SSSR count). The van der Waals surface area contributed by atoms with Crippen LogP contribution in [0.15, 0.2) is 16.7 Å². The van der Waals surface area contributed by atoms with Crippen molar-refractivity contribution in [3.05, 3.63) is 22.4 Å². The van der Waals surface area contributed by atoms with Crippen molar-refractivity contribution in [3.63, 3.8) is 0 Å². The molecule has 3 nitrogen and oxygen atoms in total. The van der Waals surface area contributed by atoms with E-state index in [0.717, 1.165) is 41.9 Å². The normalized spacial score (nSPS) is 22.8. The van der Waals surface area contributed by atoms with Gasteiger partial charge in [0.1, 0.15) is 5.69 Å². The van der Waals surface area contributed by atoms with Gasteiger partial charge in [0, 0.05) is 23.3 Å². The minimum atomic E-state index is 0.0749. The minimum Gasteiger partial charge on any atom is -0.348 e. The highest BCUT2D eigenvalue weighted by atomic mass is 79.9. The Morgan fingerprint density at radius 1 is 1.45 bits per heavy atom. The van der Waals surface area contributed by atoms with E-state index < -0.39 is 0 Å². The summed E-state index contributed by atoms with van der Waals surface area (Å²) in [5.41, 5.74) is 0.775. The molecule has 1 fully saturated rings. The van der Waals surface area contributed by atoms with E-state index in [1.807, 2.05) is 16.8 Å². The molecule has 2 atom stereocenters. The third kappa shape index (κ3) is 3.87. The van der Waals surface area contributed by atoms with E-state index in [4.69, 9.17) is 0 Å². The molecule has 1 aromatic heterocycles. The number of carbonyl (C=O) groups excluding carboxylic acids is 1. The van der Waals surface area contributed by atoms with Crippen LogP contribution in [-0.4, -0.2) is 16.5 Å². The summed E-state index contributed by atoms with van der Waals surface area (Å²) in [5, 5.41) is 3.23. The van der Waals surface area contributed by atoms with Crippen LogP contribution in [-0.2, 0) is 6.54 Å². The number of amides is 1. The number of halogens is 1. The van der Waals surface area contributed by atoms with Crippen molar-refractivity contribution in [2.75, 3.05) is 0 Å². The summed E-state index contributed by atoms with van der Waals surface area (Å²) >= 11 is 3.47. The molecule has 0 aromatic carbocycles. The van der Waals surface area contributed by atoms with Crippen LogP contribution in [0.2, 0.25) is 0 Å².